The van der Waals surface area contributed by atoms with Crippen LogP contribution >= 0.6 is 0 Å². The molecule has 5 heterocycles. The fourth-order valence-corrected chi connectivity index (χ4v) is 5.48. The van der Waals surface area contributed by atoms with E-state index in [0.29, 0.717) is 22.8 Å². The Morgan fingerprint density at radius 1 is 0.639 bits per heavy atom. The van der Waals surface area contributed by atoms with Crippen LogP contribution in [0.5, 0.6) is 0 Å². The number of para-hydroxylation sites is 3. The van der Waals surface area contributed by atoms with Gasteiger partial charge in [0.15, 0.2) is 11.2 Å². The highest BCUT2D eigenvalue weighted by Gasteiger charge is 2.47. The molecule has 0 bridgehead atoms. The van der Waals surface area contributed by atoms with Gasteiger partial charge in [0.05, 0.1) is 17.6 Å². The van der Waals surface area contributed by atoms with E-state index in [1.54, 1.807) is 6.20 Å². The quantitative estimate of drug-likeness (QED) is 0.296. The molecule has 3 aromatic carbocycles. The number of pyridine rings is 2. The summed E-state index contributed by atoms with van der Waals surface area (Å²) in [5.74, 6) is 0.468. The van der Waals surface area contributed by atoms with E-state index in [2.05, 4.69) is 98.5 Å². The summed E-state index contributed by atoms with van der Waals surface area (Å²) in [5, 5.41) is 0. The first-order valence-electron chi connectivity index (χ1n) is 11.9. The van der Waals surface area contributed by atoms with Crippen LogP contribution in [0.15, 0.2) is 114 Å². The van der Waals surface area contributed by atoms with Crippen molar-refractivity contribution in [1.82, 2.24) is 15.0 Å². The minimum absolute atomic E-state index is 0.0188. The lowest BCUT2D eigenvalue weighted by Crippen LogP contribution is -2.55. The Labute approximate surface area is 207 Å². The topological polar surface area (TPSA) is 58.3 Å². The van der Waals surface area contributed by atoms with Crippen molar-refractivity contribution in [1.29, 1.82) is 0 Å². The molecule has 0 saturated heterocycles. The van der Waals surface area contributed by atoms with Crippen LogP contribution in [-0.2, 0) is 0 Å². The summed E-state index contributed by atoms with van der Waals surface area (Å²) in [7, 11) is 0. The highest BCUT2D eigenvalue weighted by molar-refractivity contribution is 6.86. The molecule has 0 saturated carbocycles. The largest absolute Gasteiger partial charge is 0.433 e. The highest BCUT2D eigenvalue weighted by atomic mass is 16.3. The van der Waals surface area contributed by atoms with Gasteiger partial charge in [-0.1, -0.05) is 54.6 Å². The molecule has 8 rings (SSSR count). The van der Waals surface area contributed by atoms with Crippen LogP contribution in [0.1, 0.15) is 0 Å². The second-order valence-electron chi connectivity index (χ2n) is 8.95. The minimum atomic E-state index is -0.0188. The summed E-state index contributed by atoms with van der Waals surface area (Å²) < 4.78 is 5.89. The molecule has 0 radical (unpaired) electrons. The van der Waals surface area contributed by atoms with Gasteiger partial charge in [0.1, 0.15) is 5.69 Å². The van der Waals surface area contributed by atoms with Crippen LogP contribution in [0.3, 0.4) is 0 Å². The third-order valence-electron chi connectivity index (χ3n) is 6.99. The third-order valence-corrected chi connectivity index (χ3v) is 6.99. The van der Waals surface area contributed by atoms with Crippen LogP contribution in [0.2, 0.25) is 0 Å². The lowest BCUT2D eigenvalue weighted by molar-refractivity contribution is 0.616. The molecule has 0 fully saturated rings. The minimum Gasteiger partial charge on any atom is -0.433 e. The van der Waals surface area contributed by atoms with Crippen LogP contribution in [0.25, 0.3) is 33.9 Å². The van der Waals surface area contributed by atoms with Gasteiger partial charge >= 0.3 is 6.98 Å². The lowest BCUT2D eigenvalue weighted by Gasteiger charge is -2.36. The van der Waals surface area contributed by atoms with E-state index < -0.39 is 0 Å². The van der Waals surface area contributed by atoms with Crippen molar-refractivity contribution in [2.45, 2.75) is 0 Å². The van der Waals surface area contributed by atoms with E-state index in [1.165, 1.54) is 28.0 Å². The molecular formula is C29H18BN5O. The third kappa shape index (κ3) is 2.65. The first kappa shape index (κ1) is 19.4. The van der Waals surface area contributed by atoms with E-state index in [4.69, 9.17) is 9.40 Å². The first-order valence-corrected chi connectivity index (χ1v) is 11.9. The molecule has 6 aromatic rings. The van der Waals surface area contributed by atoms with E-state index in [1.807, 2.05) is 24.4 Å². The van der Waals surface area contributed by atoms with Gasteiger partial charge in [-0.2, -0.15) is 4.98 Å². The Hall–Kier alpha value is -4.91. The summed E-state index contributed by atoms with van der Waals surface area (Å²) in [6.07, 6.45) is 3.61. The van der Waals surface area contributed by atoms with Gasteiger partial charge in [-0.25, -0.2) is 9.97 Å². The van der Waals surface area contributed by atoms with Crippen LogP contribution < -0.4 is 15.1 Å². The zero-order valence-electron chi connectivity index (χ0n) is 19.1. The fraction of sp³-hybridized carbons (Fsp3) is 0. The predicted octanol–water partition coefficient (Wildman–Crippen LogP) is 5.95. The van der Waals surface area contributed by atoms with E-state index in [-0.39, 0.29) is 6.98 Å². The van der Waals surface area contributed by atoms with E-state index in [0.717, 1.165) is 11.4 Å². The normalized spacial score (nSPS) is 13.4. The number of aromatic nitrogens is 3. The van der Waals surface area contributed by atoms with E-state index in [9.17, 15) is 0 Å². The van der Waals surface area contributed by atoms with Gasteiger partial charge in [-0.05, 0) is 53.5 Å². The molecule has 168 valence electrons. The maximum absolute atomic E-state index is 5.89. The van der Waals surface area contributed by atoms with Crippen molar-refractivity contribution in [2.75, 3.05) is 9.62 Å². The Kier molecular flexibility index (Phi) is 3.93. The van der Waals surface area contributed by atoms with Crippen molar-refractivity contribution in [2.24, 2.45) is 0 Å². The molecule has 0 spiro atoms. The summed E-state index contributed by atoms with van der Waals surface area (Å²) in [5.41, 5.74) is 10.2. The van der Waals surface area contributed by atoms with Crippen molar-refractivity contribution in [3.8, 4) is 22.7 Å². The average Bonchev–Trinajstić information content (AvgIpc) is 3.53. The molecule has 2 aliphatic heterocycles. The second-order valence-corrected chi connectivity index (χ2v) is 8.95. The van der Waals surface area contributed by atoms with Crippen LogP contribution in [0, 0.1) is 0 Å². The summed E-state index contributed by atoms with van der Waals surface area (Å²) in [6.45, 7) is -0.0188. The Bertz CT molecular complexity index is 1750. The number of oxazole rings is 1. The number of hydrogen-bond acceptors (Lipinski definition) is 6. The van der Waals surface area contributed by atoms with Gasteiger partial charge < -0.3 is 14.0 Å². The number of nitrogens with zero attached hydrogens (tertiary/aromatic N) is 5. The summed E-state index contributed by atoms with van der Waals surface area (Å²) in [6, 6.07) is 33.7. The van der Waals surface area contributed by atoms with Gasteiger partial charge in [-0.3, -0.25) is 0 Å². The van der Waals surface area contributed by atoms with Gasteiger partial charge in [-0.15, -0.1) is 0 Å². The first-order chi connectivity index (χ1) is 17.9. The molecule has 0 unspecified atom stereocenters. The molecule has 0 aliphatic carbocycles. The van der Waals surface area contributed by atoms with E-state index >= 15 is 0 Å². The second kappa shape index (κ2) is 7.30. The molecule has 6 nitrogen and oxygen atoms in total. The van der Waals surface area contributed by atoms with Crippen molar-refractivity contribution in [3.05, 3.63) is 109 Å². The Balaban J connectivity index is 1.29. The predicted molar refractivity (Wildman–Crippen MR) is 143 cm³/mol. The number of rotatable bonds is 2. The SMILES string of the molecule is c1ccc2c(c1)B1N(c3ccc(-c4nc5ncccc5o4)nc3)c3ccccc3N1c1ccccc1-2. The standard InChI is InChI=1S/C29H18BN5O/c1-3-10-22-20(8-1)21-9-2-4-11-24(21)35-26-13-6-5-12-25(26)34(30(22)35)19-15-16-23(32-18-19)29-33-28-27(36-29)14-7-17-31-28/h1-18H. The molecule has 3 aromatic heterocycles. The highest BCUT2D eigenvalue weighted by Crippen LogP contribution is 2.50. The van der Waals surface area contributed by atoms with Crippen LogP contribution in [-0.4, -0.2) is 21.9 Å². The maximum Gasteiger partial charge on any atom is 0.421 e. The molecule has 2 aliphatic rings. The molecular weight excluding hydrogens is 445 g/mol. The van der Waals surface area contributed by atoms with Gasteiger partial charge in [0.25, 0.3) is 0 Å². The zero-order chi connectivity index (χ0) is 23.6. The molecule has 7 heteroatoms. The van der Waals surface area contributed by atoms with Crippen molar-refractivity contribution in [3.63, 3.8) is 0 Å². The number of benzene rings is 3. The average molecular weight is 463 g/mol. The lowest BCUT2D eigenvalue weighted by atomic mass is 9.59. The molecule has 36 heavy (non-hydrogen) atoms. The Morgan fingerprint density at radius 2 is 1.39 bits per heavy atom. The molecule has 0 amide bonds. The maximum atomic E-state index is 5.89. The Morgan fingerprint density at radius 3 is 2.19 bits per heavy atom. The molecule has 0 N–H and O–H groups in total. The smallest absolute Gasteiger partial charge is 0.421 e. The van der Waals surface area contributed by atoms with Gasteiger partial charge in [0.2, 0.25) is 5.89 Å². The number of anilines is 4. The summed E-state index contributed by atoms with van der Waals surface area (Å²) in [4.78, 5) is 18.3. The zero-order valence-corrected chi connectivity index (χ0v) is 19.1. The number of hydrogen-bond donors (Lipinski definition) is 0. The fourth-order valence-electron chi connectivity index (χ4n) is 5.48. The monoisotopic (exact) mass is 463 g/mol. The van der Waals surface area contributed by atoms with Crippen molar-refractivity contribution >= 4 is 46.4 Å². The number of fused-ring (bicyclic) bond motifs is 9. The summed E-state index contributed by atoms with van der Waals surface area (Å²) >= 11 is 0. The van der Waals surface area contributed by atoms with Crippen molar-refractivity contribution < 1.29 is 4.42 Å². The van der Waals surface area contributed by atoms with Crippen LogP contribution in [0.4, 0.5) is 22.7 Å². The van der Waals surface area contributed by atoms with Gasteiger partial charge in [0, 0.05) is 23.1 Å². The molecule has 0 atom stereocenters.